The Morgan fingerprint density at radius 1 is 1.05 bits per heavy atom. The summed E-state index contributed by atoms with van der Waals surface area (Å²) in [6, 6.07) is 14.0. The number of hydroxylamine groups is 1. The first-order valence-corrected chi connectivity index (χ1v) is 6.24. The summed E-state index contributed by atoms with van der Waals surface area (Å²) in [6.07, 6.45) is 0. The van der Waals surface area contributed by atoms with E-state index >= 15 is 0 Å². The van der Waals surface area contributed by atoms with Gasteiger partial charge in [0.2, 0.25) is 0 Å². The molecule has 0 spiro atoms. The molecule has 3 nitrogen and oxygen atoms in total. The van der Waals surface area contributed by atoms with Crippen LogP contribution in [0.3, 0.4) is 0 Å². The Morgan fingerprint density at radius 2 is 1.60 bits per heavy atom. The fourth-order valence-corrected chi connectivity index (χ4v) is 1.75. The summed E-state index contributed by atoms with van der Waals surface area (Å²) >= 11 is 0. The monoisotopic (exact) mass is 273 g/mol. The molecule has 4 heteroatoms. The highest BCUT2D eigenvalue weighted by atomic mass is 19.1. The van der Waals surface area contributed by atoms with Gasteiger partial charge >= 0.3 is 0 Å². The van der Waals surface area contributed by atoms with Crippen molar-refractivity contribution >= 4 is 5.70 Å². The third-order valence-corrected chi connectivity index (χ3v) is 2.80. The molecule has 20 heavy (non-hydrogen) atoms. The van der Waals surface area contributed by atoms with Gasteiger partial charge in [0, 0.05) is 0 Å². The molecule has 2 N–H and O–H groups in total. The van der Waals surface area contributed by atoms with Gasteiger partial charge in [-0.3, -0.25) is 10.3 Å². The highest BCUT2D eigenvalue weighted by Crippen LogP contribution is 2.21. The summed E-state index contributed by atoms with van der Waals surface area (Å²) < 4.78 is 12.9. The molecule has 0 aliphatic rings. The van der Waals surface area contributed by atoms with Crippen molar-refractivity contribution in [3.63, 3.8) is 0 Å². The molecule has 0 heterocycles. The molecule has 2 aromatic carbocycles. The lowest BCUT2D eigenvalue weighted by atomic mass is 10.0. The average molecular weight is 273 g/mol. The average Bonchev–Trinajstić information content (AvgIpc) is 2.48. The van der Waals surface area contributed by atoms with E-state index in [1.54, 1.807) is 12.1 Å². The van der Waals surface area contributed by atoms with E-state index in [2.05, 4.69) is 12.1 Å². The van der Waals surface area contributed by atoms with Crippen LogP contribution in [0.4, 0.5) is 4.39 Å². The number of aliphatic hydroxyl groups is 1. The minimum Gasteiger partial charge on any atom is -0.394 e. The van der Waals surface area contributed by atoms with Crippen LogP contribution in [0, 0.1) is 5.82 Å². The second-order valence-electron chi connectivity index (χ2n) is 4.24. The molecule has 0 amide bonds. The van der Waals surface area contributed by atoms with Crippen molar-refractivity contribution in [2.24, 2.45) is 0 Å². The van der Waals surface area contributed by atoms with Crippen molar-refractivity contribution in [1.82, 2.24) is 5.48 Å². The van der Waals surface area contributed by atoms with Crippen LogP contribution in [0.5, 0.6) is 0 Å². The third kappa shape index (κ3) is 3.66. The smallest absolute Gasteiger partial charge is 0.123 e. The topological polar surface area (TPSA) is 41.5 Å². The Balaban J connectivity index is 2.06. The molecular formula is C16H16FNO2. The van der Waals surface area contributed by atoms with Gasteiger partial charge in [0.15, 0.2) is 0 Å². The third-order valence-electron chi connectivity index (χ3n) is 2.80. The van der Waals surface area contributed by atoms with Crippen LogP contribution < -0.4 is 5.48 Å². The van der Waals surface area contributed by atoms with Crippen molar-refractivity contribution in [3.05, 3.63) is 66.5 Å². The van der Waals surface area contributed by atoms with Crippen LogP contribution in [-0.2, 0) is 4.84 Å². The lowest BCUT2D eigenvalue weighted by Crippen LogP contribution is -2.14. The van der Waals surface area contributed by atoms with Crippen LogP contribution in [0.1, 0.15) is 5.56 Å². The van der Waals surface area contributed by atoms with Crippen molar-refractivity contribution in [2.75, 3.05) is 13.2 Å². The van der Waals surface area contributed by atoms with Gasteiger partial charge in [0.05, 0.1) is 18.9 Å². The zero-order valence-electron chi connectivity index (χ0n) is 11.0. The van der Waals surface area contributed by atoms with Gasteiger partial charge in [-0.05, 0) is 28.8 Å². The predicted octanol–water partition coefficient (Wildman–Crippen LogP) is 2.98. The maximum atomic E-state index is 12.9. The number of hydrogen-bond acceptors (Lipinski definition) is 3. The van der Waals surface area contributed by atoms with Gasteiger partial charge in [-0.15, -0.1) is 0 Å². The molecule has 0 fully saturated rings. The minimum atomic E-state index is -0.246. The molecule has 0 aromatic heterocycles. The summed E-state index contributed by atoms with van der Waals surface area (Å²) in [4.78, 5) is 4.99. The highest BCUT2D eigenvalue weighted by molar-refractivity contribution is 5.68. The van der Waals surface area contributed by atoms with Gasteiger partial charge in [-0.25, -0.2) is 4.39 Å². The maximum Gasteiger partial charge on any atom is 0.123 e. The first-order valence-electron chi connectivity index (χ1n) is 6.24. The lowest BCUT2D eigenvalue weighted by molar-refractivity contribution is 0.0481. The molecule has 0 saturated carbocycles. The van der Waals surface area contributed by atoms with Crippen molar-refractivity contribution in [3.8, 4) is 11.1 Å². The largest absolute Gasteiger partial charge is 0.394 e. The summed E-state index contributed by atoms with van der Waals surface area (Å²) in [5, 5.41) is 8.61. The molecule has 0 unspecified atom stereocenters. The molecule has 0 aliphatic carbocycles. The fraction of sp³-hybridized carbons (Fsp3) is 0.125. The second-order valence-corrected chi connectivity index (χ2v) is 4.24. The number of rotatable bonds is 6. The number of aliphatic hydroxyl groups excluding tert-OH is 1. The quantitative estimate of drug-likeness (QED) is 0.628. The number of nitrogens with one attached hydrogen (secondary N) is 1. The van der Waals surface area contributed by atoms with Gasteiger partial charge < -0.3 is 5.11 Å². The molecule has 2 aromatic rings. The summed E-state index contributed by atoms with van der Waals surface area (Å²) in [6.45, 7) is 3.99. The van der Waals surface area contributed by atoms with Crippen LogP contribution in [0.15, 0.2) is 55.1 Å². The zero-order valence-corrected chi connectivity index (χ0v) is 11.0. The van der Waals surface area contributed by atoms with Crippen molar-refractivity contribution in [2.45, 2.75) is 0 Å². The molecule has 0 bridgehead atoms. The van der Waals surface area contributed by atoms with Crippen LogP contribution in [0.25, 0.3) is 16.8 Å². The number of benzene rings is 2. The Labute approximate surface area is 117 Å². The predicted molar refractivity (Wildman–Crippen MR) is 77.0 cm³/mol. The van der Waals surface area contributed by atoms with E-state index in [1.807, 2.05) is 24.3 Å². The lowest BCUT2D eigenvalue weighted by Gasteiger charge is -2.10. The highest BCUT2D eigenvalue weighted by Gasteiger charge is 2.01. The molecule has 0 atom stereocenters. The molecular weight excluding hydrogens is 257 g/mol. The normalized spacial score (nSPS) is 10.3. The maximum absolute atomic E-state index is 12.9. The van der Waals surface area contributed by atoms with E-state index in [9.17, 15) is 4.39 Å². The van der Waals surface area contributed by atoms with Gasteiger partial charge in [-0.2, -0.15) is 0 Å². The van der Waals surface area contributed by atoms with E-state index in [0.29, 0.717) is 5.70 Å². The van der Waals surface area contributed by atoms with E-state index in [1.165, 1.54) is 12.1 Å². The molecule has 0 radical (unpaired) electrons. The Hall–Kier alpha value is -2.17. The summed E-state index contributed by atoms with van der Waals surface area (Å²) in [5.41, 5.74) is 6.11. The van der Waals surface area contributed by atoms with Gasteiger partial charge in [0.25, 0.3) is 0 Å². The van der Waals surface area contributed by atoms with Crippen LogP contribution in [0.2, 0.25) is 0 Å². The standard InChI is InChI=1S/C16H16FNO2/c1-12(18-20-11-10-19)13-2-4-14(5-3-13)15-6-8-16(17)9-7-15/h2-9,18-19H,1,10-11H2. The SMILES string of the molecule is C=C(NOCCO)c1ccc(-c2ccc(F)cc2)cc1. The van der Waals surface area contributed by atoms with E-state index in [-0.39, 0.29) is 19.0 Å². The molecule has 0 aliphatic heterocycles. The molecule has 2 rings (SSSR count). The second kappa shape index (κ2) is 6.84. The van der Waals surface area contributed by atoms with Crippen LogP contribution >= 0.6 is 0 Å². The van der Waals surface area contributed by atoms with E-state index < -0.39 is 0 Å². The van der Waals surface area contributed by atoms with Crippen LogP contribution in [-0.4, -0.2) is 18.3 Å². The summed E-state index contributed by atoms with van der Waals surface area (Å²) in [7, 11) is 0. The molecule has 104 valence electrons. The number of halogens is 1. The van der Waals surface area contributed by atoms with E-state index in [4.69, 9.17) is 9.94 Å². The zero-order chi connectivity index (χ0) is 14.4. The Morgan fingerprint density at radius 3 is 2.15 bits per heavy atom. The summed E-state index contributed by atoms with van der Waals surface area (Å²) in [5.74, 6) is -0.246. The number of hydrogen-bond donors (Lipinski definition) is 2. The minimum absolute atomic E-state index is 0.0518. The fourth-order valence-electron chi connectivity index (χ4n) is 1.75. The van der Waals surface area contributed by atoms with Gasteiger partial charge in [0.1, 0.15) is 5.82 Å². The first-order chi connectivity index (χ1) is 9.70. The van der Waals surface area contributed by atoms with Crippen molar-refractivity contribution in [1.29, 1.82) is 0 Å². The van der Waals surface area contributed by atoms with Crippen molar-refractivity contribution < 1.29 is 14.3 Å². The molecule has 0 saturated heterocycles. The Bertz CT molecular complexity index is 564. The van der Waals surface area contributed by atoms with Gasteiger partial charge in [-0.1, -0.05) is 43.0 Å². The van der Waals surface area contributed by atoms with E-state index in [0.717, 1.165) is 16.7 Å². The Kier molecular flexibility index (Phi) is 4.87. The first kappa shape index (κ1) is 14.2.